The molecule has 0 radical (unpaired) electrons. The summed E-state index contributed by atoms with van der Waals surface area (Å²) in [4.78, 5) is 0. The zero-order chi connectivity index (χ0) is 50.8. The molecule has 0 saturated carbocycles. The van der Waals surface area contributed by atoms with E-state index < -0.39 is 0 Å². The van der Waals surface area contributed by atoms with Crippen LogP contribution in [0.15, 0.2) is 36.5 Å². The highest BCUT2D eigenvalue weighted by Crippen LogP contribution is 2.20. The topological polar surface area (TPSA) is 0 Å². The van der Waals surface area contributed by atoms with Crippen molar-refractivity contribution in [3.8, 4) is 0 Å². The Morgan fingerprint density at radius 3 is 0.296 bits per heavy atom. The molecule has 0 aromatic heterocycles. The molecule has 0 nitrogen and oxygen atoms in total. The highest BCUT2D eigenvalue weighted by Gasteiger charge is 2.00. The zero-order valence-electron chi connectivity index (χ0n) is 50.0. The summed E-state index contributed by atoms with van der Waals surface area (Å²) in [6.07, 6.45) is 106. The van der Waals surface area contributed by atoms with Crippen molar-refractivity contribution in [2.24, 2.45) is 0 Å². The predicted molar refractivity (Wildman–Crippen MR) is 330 cm³/mol. The first kappa shape index (κ1) is 70.2. The number of hydrogen-bond acceptors (Lipinski definition) is 0. The van der Waals surface area contributed by atoms with Crippen molar-refractivity contribution in [2.75, 3.05) is 0 Å². The third-order valence-electron chi connectivity index (χ3n) is 16.4. The first-order valence-electron chi connectivity index (χ1n) is 34.3. The number of allylic oxidation sites excluding steroid dienone is 6. The summed E-state index contributed by atoms with van der Waals surface area (Å²) in [5, 5.41) is 0. The predicted octanol–water partition coefficient (Wildman–Crippen LogP) is 27.3. The van der Waals surface area contributed by atoms with Gasteiger partial charge in [-0.2, -0.15) is 0 Å². The SMILES string of the molecule is CC=CCCCCCCC=CCCCCCCCCCCCCCCCCCCCCCCCCCCCCCCCCCCCCCCCCCCCCCCCCCCCCCCCCCC=CC. The van der Waals surface area contributed by atoms with Crippen LogP contribution in [-0.4, -0.2) is 0 Å². The van der Waals surface area contributed by atoms with Crippen LogP contribution in [-0.2, 0) is 0 Å². The van der Waals surface area contributed by atoms with E-state index in [1.54, 1.807) is 0 Å². The molecule has 0 aliphatic rings. The Morgan fingerprint density at radius 2 is 0.197 bits per heavy atom. The van der Waals surface area contributed by atoms with Gasteiger partial charge in [0.2, 0.25) is 0 Å². The fourth-order valence-electron chi connectivity index (χ4n) is 11.3. The third kappa shape index (κ3) is 69.2. The van der Waals surface area contributed by atoms with E-state index in [0.29, 0.717) is 0 Å². The zero-order valence-corrected chi connectivity index (χ0v) is 50.0. The van der Waals surface area contributed by atoms with Crippen molar-refractivity contribution in [3.63, 3.8) is 0 Å². The van der Waals surface area contributed by atoms with Crippen LogP contribution in [0.1, 0.15) is 418 Å². The highest BCUT2D eigenvalue weighted by molar-refractivity contribution is 4.81. The lowest BCUT2D eigenvalue weighted by molar-refractivity contribution is 0.507. The molecule has 71 heavy (non-hydrogen) atoms. The maximum absolute atomic E-state index is 2.45. The van der Waals surface area contributed by atoms with E-state index in [1.165, 1.54) is 405 Å². The molecule has 0 fully saturated rings. The number of hydrogen-bond donors (Lipinski definition) is 0. The van der Waals surface area contributed by atoms with Gasteiger partial charge in [0.05, 0.1) is 0 Å². The Kier molecular flexibility index (Phi) is 68.5. The largest absolute Gasteiger partial charge is 0.0917 e. The van der Waals surface area contributed by atoms with E-state index in [4.69, 9.17) is 0 Å². The molecule has 0 aromatic carbocycles. The van der Waals surface area contributed by atoms with Crippen molar-refractivity contribution in [1.82, 2.24) is 0 Å². The minimum atomic E-state index is 1.27. The summed E-state index contributed by atoms with van der Waals surface area (Å²) < 4.78 is 0. The fourth-order valence-corrected chi connectivity index (χ4v) is 11.3. The Labute approximate surface area is 452 Å². The van der Waals surface area contributed by atoms with Crippen LogP contribution in [0.3, 0.4) is 0 Å². The van der Waals surface area contributed by atoms with Gasteiger partial charge in [-0.25, -0.2) is 0 Å². The van der Waals surface area contributed by atoms with Crippen LogP contribution >= 0.6 is 0 Å². The van der Waals surface area contributed by atoms with Crippen molar-refractivity contribution in [3.05, 3.63) is 36.5 Å². The number of rotatable bonds is 65. The fraction of sp³-hybridized carbons (Fsp3) is 0.915. The van der Waals surface area contributed by atoms with Gasteiger partial charge in [-0.15, -0.1) is 0 Å². The highest BCUT2D eigenvalue weighted by atomic mass is 14.1. The van der Waals surface area contributed by atoms with Crippen molar-refractivity contribution in [2.45, 2.75) is 418 Å². The van der Waals surface area contributed by atoms with E-state index in [0.717, 1.165) is 0 Å². The quantitative estimate of drug-likeness (QED) is 0.0421. The van der Waals surface area contributed by atoms with Crippen LogP contribution in [0, 0.1) is 0 Å². The van der Waals surface area contributed by atoms with Gasteiger partial charge in [0, 0.05) is 0 Å². The standard InChI is InChI=1S/C71H138/c1-3-5-7-9-11-13-15-17-19-21-23-25-27-29-31-33-35-37-39-41-43-45-47-49-51-53-55-57-59-61-63-65-67-69-71-70-68-66-64-62-60-58-56-54-52-50-48-46-44-42-40-38-36-34-32-30-28-26-24-22-20-18-16-14-12-10-8-6-4-2/h3-6,19,21H,7-18,20,22-71H2,1-2H3. The molecule has 0 aromatic rings. The van der Waals surface area contributed by atoms with Crippen LogP contribution < -0.4 is 0 Å². The van der Waals surface area contributed by atoms with E-state index >= 15 is 0 Å². The molecule has 0 unspecified atom stereocenters. The first-order valence-corrected chi connectivity index (χ1v) is 34.3. The molecule has 0 amide bonds. The maximum atomic E-state index is 2.45. The average molecular weight is 992 g/mol. The van der Waals surface area contributed by atoms with Crippen molar-refractivity contribution >= 4 is 0 Å². The second-order valence-electron chi connectivity index (χ2n) is 23.6. The average Bonchev–Trinajstić information content (AvgIpc) is 3.38. The molecule has 0 rings (SSSR count). The summed E-state index contributed by atoms with van der Waals surface area (Å²) in [5.74, 6) is 0. The Hall–Kier alpha value is -0.780. The molecule has 0 N–H and O–H groups in total. The lowest BCUT2D eigenvalue weighted by Crippen LogP contribution is -1.85. The summed E-state index contributed by atoms with van der Waals surface area (Å²) >= 11 is 0. The number of unbranched alkanes of at least 4 members (excludes halogenated alkanes) is 61. The molecule has 0 heteroatoms. The maximum Gasteiger partial charge on any atom is -0.0351 e. The molecule has 0 atom stereocenters. The van der Waals surface area contributed by atoms with E-state index in [1.807, 2.05) is 0 Å². The molecule has 0 saturated heterocycles. The summed E-state index contributed by atoms with van der Waals surface area (Å²) in [6, 6.07) is 0. The molecule has 0 aliphatic carbocycles. The van der Waals surface area contributed by atoms with Gasteiger partial charge in [0.25, 0.3) is 0 Å². The van der Waals surface area contributed by atoms with Gasteiger partial charge in [-0.05, 0) is 65.2 Å². The Morgan fingerprint density at radius 1 is 0.113 bits per heavy atom. The lowest BCUT2D eigenvalue weighted by Gasteiger charge is -2.05. The van der Waals surface area contributed by atoms with Crippen LogP contribution in [0.5, 0.6) is 0 Å². The Balaban J connectivity index is 3.09. The third-order valence-corrected chi connectivity index (χ3v) is 16.4. The van der Waals surface area contributed by atoms with Crippen LogP contribution in [0.25, 0.3) is 0 Å². The van der Waals surface area contributed by atoms with E-state index in [2.05, 4.69) is 50.3 Å². The molecule has 0 spiro atoms. The van der Waals surface area contributed by atoms with Gasteiger partial charge in [-0.1, -0.05) is 390 Å². The van der Waals surface area contributed by atoms with Crippen LogP contribution in [0.2, 0.25) is 0 Å². The molecular formula is C71H138. The second kappa shape index (κ2) is 69.2. The van der Waals surface area contributed by atoms with Crippen LogP contribution in [0.4, 0.5) is 0 Å². The normalized spacial score (nSPS) is 12.1. The molecule has 0 aliphatic heterocycles. The van der Waals surface area contributed by atoms with Crippen molar-refractivity contribution in [1.29, 1.82) is 0 Å². The molecule has 0 bridgehead atoms. The molecular weight excluding hydrogens is 853 g/mol. The van der Waals surface area contributed by atoms with E-state index in [9.17, 15) is 0 Å². The summed E-state index contributed by atoms with van der Waals surface area (Å²) in [5.41, 5.74) is 0. The smallest absolute Gasteiger partial charge is 0.0351 e. The second-order valence-corrected chi connectivity index (χ2v) is 23.6. The first-order chi connectivity index (χ1) is 35.4. The Bertz CT molecular complexity index is 969. The monoisotopic (exact) mass is 991 g/mol. The summed E-state index contributed by atoms with van der Waals surface area (Å²) in [7, 11) is 0. The van der Waals surface area contributed by atoms with Gasteiger partial charge in [0.15, 0.2) is 0 Å². The van der Waals surface area contributed by atoms with Gasteiger partial charge in [0.1, 0.15) is 0 Å². The lowest BCUT2D eigenvalue weighted by atomic mass is 10.0. The minimum absolute atomic E-state index is 1.27. The minimum Gasteiger partial charge on any atom is -0.0917 e. The molecule has 0 heterocycles. The van der Waals surface area contributed by atoms with Gasteiger partial charge < -0.3 is 0 Å². The molecule has 422 valence electrons. The summed E-state index contributed by atoms with van der Waals surface area (Å²) in [6.45, 7) is 4.26. The van der Waals surface area contributed by atoms with E-state index in [-0.39, 0.29) is 0 Å². The van der Waals surface area contributed by atoms with Crippen molar-refractivity contribution < 1.29 is 0 Å². The van der Waals surface area contributed by atoms with Gasteiger partial charge in [-0.3, -0.25) is 0 Å². The van der Waals surface area contributed by atoms with Gasteiger partial charge >= 0.3 is 0 Å².